The third kappa shape index (κ3) is 2.51. The van der Waals surface area contributed by atoms with Crippen LogP contribution in [0.1, 0.15) is 5.56 Å². The third-order valence-electron chi connectivity index (χ3n) is 1.51. The Morgan fingerprint density at radius 2 is 2.00 bits per heavy atom. The Hall–Kier alpha value is -1.47. The van der Waals surface area contributed by atoms with Crippen molar-refractivity contribution in [2.45, 2.75) is 6.92 Å². The van der Waals surface area contributed by atoms with Crippen LogP contribution in [-0.2, 0) is 10.4 Å². The Balaban J connectivity index is 3.14. The lowest BCUT2D eigenvalue weighted by Gasteiger charge is -2.06. The van der Waals surface area contributed by atoms with Crippen LogP contribution in [0.2, 0.25) is 0 Å². The number of nitrogens with two attached hydrogens (primary N) is 1. The second kappa shape index (κ2) is 3.35. The summed E-state index contributed by atoms with van der Waals surface area (Å²) >= 11 is 0. The molecule has 0 heterocycles. The Morgan fingerprint density at radius 1 is 1.43 bits per heavy atom. The van der Waals surface area contributed by atoms with Crippen LogP contribution in [0.3, 0.4) is 0 Å². The molecule has 1 rings (SSSR count). The average molecular weight is 219 g/mol. The quantitative estimate of drug-likeness (QED) is 0.379. The van der Waals surface area contributed by atoms with Crippen LogP contribution in [0.4, 0.5) is 5.69 Å². The van der Waals surface area contributed by atoms with E-state index in [0.29, 0.717) is 5.56 Å². The molecule has 0 radical (unpaired) electrons. The van der Waals surface area contributed by atoms with Crippen molar-refractivity contribution in [2.24, 2.45) is 0 Å². The maximum Gasteiger partial charge on any atom is 0.446 e. The molecular weight excluding hydrogens is 210 g/mol. The van der Waals surface area contributed by atoms with E-state index in [1.165, 1.54) is 13.0 Å². The highest BCUT2D eigenvalue weighted by Gasteiger charge is 2.10. The maximum absolute atomic E-state index is 10.3. The van der Waals surface area contributed by atoms with Gasteiger partial charge in [-0.05, 0) is 18.6 Å². The van der Waals surface area contributed by atoms with Gasteiger partial charge in [-0.2, -0.15) is 8.42 Å². The molecule has 78 valence electrons. The molecule has 0 aromatic heterocycles. The molecule has 0 fully saturated rings. The molecular formula is C7H9NO5S. The summed E-state index contributed by atoms with van der Waals surface area (Å²) in [5.41, 5.74) is 5.66. The van der Waals surface area contributed by atoms with Gasteiger partial charge < -0.3 is 15.0 Å². The molecule has 0 saturated heterocycles. The smallest absolute Gasteiger partial charge is 0.446 e. The summed E-state index contributed by atoms with van der Waals surface area (Å²) in [6.07, 6.45) is 0. The number of aryl methyl sites for hydroxylation is 1. The van der Waals surface area contributed by atoms with Gasteiger partial charge in [-0.15, -0.1) is 0 Å². The number of hydrogen-bond acceptors (Lipinski definition) is 5. The molecule has 0 atom stereocenters. The second-order valence-corrected chi connectivity index (χ2v) is 3.71. The fraction of sp³-hybridized carbons (Fsp3) is 0.143. The summed E-state index contributed by atoms with van der Waals surface area (Å²) < 4.78 is 33.2. The first-order valence-electron chi connectivity index (χ1n) is 3.55. The van der Waals surface area contributed by atoms with E-state index < -0.39 is 10.4 Å². The van der Waals surface area contributed by atoms with Gasteiger partial charge in [0.25, 0.3) is 0 Å². The number of rotatable bonds is 2. The number of anilines is 1. The molecule has 1 aromatic carbocycles. The predicted octanol–water partition coefficient (Wildman–Crippen LogP) is 0.464. The van der Waals surface area contributed by atoms with Crippen LogP contribution in [0.15, 0.2) is 12.1 Å². The van der Waals surface area contributed by atoms with Crippen LogP contribution in [-0.4, -0.2) is 18.1 Å². The van der Waals surface area contributed by atoms with Crippen molar-refractivity contribution in [3.63, 3.8) is 0 Å². The molecule has 14 heavy (non-hydrogen) atoms. The number of phenolic OH excluding ortho intramolecular Hbond substituents is 1. The molecule has 0 unspecified atom stereocenters. The topological polar surface area (TPSA) is 110 Å². The SMILES string of the molecule is Cc1cc(OS(=O)(=O)O)cc(N)c1O. The minimum atomic E-state index is -4.56. The van der Waals surface area contributed by atoms with Gasteiger partial charge in [-0.25, -0.2) is 0 Å². The molecule has 0 bridgehead atoms. The number of nitrogen functional groups attached to an aromatic ring is 1. The molecule has 7 heteroatoms. The van der Waals surface area contributed by atoms with Crippen LogP contribution in [0, 0.1) is 6.92 Å². The summed E-state index contributed by atoms with van der Waals surface area (Å²) in [5, 5.41) is 9.24. The number of phenols is 1. The predicted molar refractivity (Wildman–Crippen MR) is 49.4 cm³/mol. The van der Waals surface area contributed by atoms with Crippen molar-refractivity contribution < 1.29 is 22.3 Å². The van der Waals surface area contributed by atoms with E-state index in [9.17, 15) is 13.5 Å². The summed E-state index contributed by atoms with van der Waals surface area (Å²) in [4.78, 5) is 0. The fourth-order valence-electron chi connectivity index (χ4n) is 0.942. The second-order valence-electron chi connectivity index (χ2n) is 2.69. The van der Waals surface area contributed by atoms with Crippen LogP contribution < -0.4 is 9.92 Å². The zero-order valence-electron chi connectivity index (χ0n) is 7.26. The van der Waals surface area contributed by atoms with Gasteiger partial charge >= 0.3 is 10.4 Å². The van der Waals surface area contributed by atoms with Crippen LogP contribution in [0.5, 0.6) is 11.5 Å². The van der Waals surface area contributed by atoms with Crippen molar-refractivity contribution in [3.05, 3.63) is 17.7 Å². The third-order valence-corrected chi connectivity index (χ3v) is 1.91. The van der Waals surface area contributed by atoms with Gasteiger partial charge in [-0.3, -0.25) is 4.55 Å². The Morgan fingerprint density at radius 3 is 2.43 bits per heavy atom. The maximum atomic E-state index is 10.3. The Labute approximate surface area is 80.9 Å². The first-order valence-corrected chi connectivity index (χ1v) is 4.92. The first kappa shape index (κ1) is 10.6. The van der Waals surface area contributed by atoms with E-state index in [0.717, 1.165) is 6.07 Å². The van der Waals surface area contributed by atoms with Crippen molar-refractivity contribution in [2.75, 3.05) is 5.73 Å². The van der Waals surface area contributed by atoms with E-state index >= 15 is 0 Å². The van der Waals surface area contributed by atoms with Crippen molar-refractivity contribution >= 4 is 16.1 Å². The summed E-state index contributed by atoms with van der Waals surface area (Å²) in [7, 11) is -4.56. The summed E-state index contributed by atoms with van der Waals surface area (Å²) in [5.74, 6) is -0.298. The van der Waals surface area contributed by atoms with Crippen molar-refractivity contribution in [3.8, 4) is 11.5 Å². The van der Waals surface area contributed by atoms with Crippen molar-refractivity contribution in [1.82, 2.24) is 0 Å². The van der Waals surface area contributed by atoms with E-state index in [2.05, 4.69) is 4.18 Å². The highest BCUT2D eigenvalue weighted by molar-refractivity contribution is 7.81. The molecule has 0 aliphatic carbocycles. The number of hydrogen-bond donors (Lipinski definition) is 3. The molecule has 0 saturated carbocycles. The first-order chi connectivity index (χ1) is 6.29. The van der Waals surface area contributed by atoms with E-state index in [1.807, 2.05) is 0 Å². The van der Waals surface area contributed by atoms with Gasteiger partial charge in [0, 0.05) is 6.07 Å². The monoisotopic (exact) mass is 219 g/mol. The molecule has 0 spiro atoms. The lowest BCUT2D eigenvalue weighted by atomic mass is 10.2. The lowest BCUT2D eigenvalue weighted by molar-refractivity contribution is 0.386. The van der Waals surface area contributed by atoms with Gasteiger partial charge in [0.15, 0.2) is 0 Å². The fourth-order valence-corrected chi connectivity index (χ4v) is 1.28. The van der Waals surface area contributed by atoms with Crippen LogP contribution in [0.25, 0.3) is 0 Å². The highest BCUT2D eigenvalue weighted by Crippen LogP contribution is 2.30. The van der Waals surface area contributed by atoms with E-state index in [4.69, 9.17) is 10.3 Å². The molecule has 0 aliphatic rings. The normalized spacial score (nSPS) is 11.3. The minimum Gasteiger partial charge on any atom is -0.506 e. The lowest BCUT2D eigenvalue weighted by Crippen LogP contribution is -2.07. The van der Waals surface area contributed by atoms with E-state index in [1.54, 1.807) is 0 Å². The van der Waals surface area contributed by atoms with Gasteiger partial charge in [-0.1, -0.05) is 0 Å². The van der Waals surface area contributed by atoms with Gasteiger partial charge in [0.1, 0.15) is 11.5 Å². The molecule has 6 nitrogen and oxygen atoms in total. The summed E-state index contributed by atoms with van der Waals surface area (Å²) in [6.45, 7) is 1.52. The van der Waals surface area contributed by atoms with Gasteiger partial charge in [0.05, 0.1) is 5.69 Å². The summed E-state index contributed by atoms with van der Waals surface area (Å²) in [6, 6.07) is 2.33. The van der Waals surface area contributed by atoms with Gasteiger partial charge in [0.2, 0.25) is 0 Å². The zero-order valence-corrected chi connectivity index (χ0v) is 8.08. The number of aromatic hydroxyl groups is 1. The minimum absolute atomic E-state index is 0.0244. The molecule has 1 aromatic rings. The molecule has 0 amide bonds. The molecule has 4 N–H and O–H groups in total. The zero-order chi connectivity index (χ0) is 10.9. The van der Waals surface area contributed by atoms with E-state index in [-0.39, 0.29) is 17.2 Å². The molecule has 0 aliphatic heterocycles. The van der Waals surface area contributed by atoms with Crippen LogP contribution >= 0.6 is 0 Å². The standard InChI is InChI=1S/C7H9NO5S/c1-4-2-5(13-14(10,11)12)3-6(8)7(4)9/h2-3,9H,8H2,1H3,(H,10,11,12). The number of benzene rings is 1. The Kier molecular flexibility index (Phi) is 2.54. The largest absolute Gasteiger partial charge is 0.506 e. The Bertz CT molecular complexity index is 430. The van der Waals surface area contributed by atoms with Crippen molar-refractivity contribution in [1.29, 1.82) is 0 Å². The highest BCUT2D eigenvalue weighted by atomic mass is 32.3. The average Bonchev–Trinajstić information content (AvgIpc) is 1.96.